The third-order valence-electron chi connectivity index (χ3n) is 19.1. The Morgan fingerprint density at radius 3 is 1.76 bits per heavy atom. The van der Waals surface area contributed by atoms with E-state index in [2.05, 4.69) is 42.6 Å². The van der Waals surface area contributed by atoms with Crippen LogP contribution < -0.4 is 70.6 Å². The fourth-order valence-corrected chi connectivity index (χ4v) is 13.1. The Morgan fingerprint density at radius 2 is 1.17 bits per heavy atom. The minimum Gasteiger partial charge on any atom is -0.461 e. The molecule has 1 heterocycles. The van der Waals surface area contributed by atoms with Crippen LogP contribution in [0, 0.1) is 11.8 Å². The van der Waals surface area contributed by atoms with E-state index >= 15 is 0 Å². The molecule has 0 bridgehead atoms. The fourth-order valence-electron chi connectivity index (χ4n) is 12.8. The van der Waals surface area contributed by atoms with Gasteiger partial charge in [-0.15, -0.1) is 0 Å². The number of esters is 1. The van der Waals surface area contributed by atoms with E-state index in [1.807, 2.05) is 62.4 Å². The van der Waals surface area contributed by atoms with E-state index in [0.29, 0.717) is 113 Å². The first kappa shape index (κ1) is 103. The molecular weight excluding hydrogens is 1590 g/mol. The minimum absolute atomic E-state index is 0.00769. The second-order valence-corrected chi connectivity index (χ2v) is 31.7. The largest absolute Gasteiger partial charge is 0.461 e. The molecular formula is C83H133N14O23P. The van der Waals surface area contributed by atoms with Gasteiger partial charge in [0.1, 0.15) is 31.4 Å². The highest BCUT2D eigenvalue weighted by Crippen LogP contribution is 2.36. The van der Waals surface area contributed by atoms with Gasteiger partial charge in [0.15, 0.2) is 0 Å². The normalized spacial score (nSPS) is 16.0. The maximum absolute atomic E-state index is 13.8. The molecule has 0 saturated heterocycles. The third kappa shape index (κ3) is 42.1. The van der Waals surface area contributed by atoms with E-state index in [1.54, 1.807) is 61.8 Å². The first-order valence-corrected chi connectivity index (χ1v) is 43.5. The van der Waals surface area contributed by atoms with Gasteiger partial charge in [-0.1, -0.05) is 82.3 Å². The predicted molar refractivity (Wildman–Crippen MR) is 453 cm³/mol. The maximum Gasteiger partial charge on any atom is 0.327 e. The van der Waals surface area contributed by atoms with E-state index < -0.39 is 61.5 Å². The summed E-state index contributed by atoms with van der Waals surface area (Å²) < 4.78 is 72.6. The van der Waals surface area contributed by atoms with Crippen molar-refractivity contribution in [3.63, 3.8) is 0 Å². The zero-order valence-corrected chi connectivity index (χ0v) is 72.1. The quantitative estimate of drug-likeness (QED) is 0.0126. The van der Waals surface area contributed by atoms with Crippen LogP contribution in [-0.4, -0.2) is 256 Å². The van der Waals surface area contributed by atoms with Gasteiger partial charge >= 0.3 is 19.6 Å². The summed E-state index contributed by atoms with van der Waals surface area (Å²) in [5.41, 5.74) is 28.3. The molecule has 38 heteroatoms. The number of hydrazine groups is 1. The Hall–Kier alpha value is -8.92. The van der Waals surface area contributed by atoms with Gasteiger partial charge in [-0.05, 0) is 100 Å². The summed E-state index contributed by atoms with van der Waals surface area (Å²) in [6.07, 6.45) is 2.53. The van der Waals surface area contributed by atoms with Crippen molar-refractivity contribution in [2.24, 2.45) is 34.9 Å². The zero-order chi connectivity index (χ0) is 88.2. The number of primary amides is 2. The second-order valence-electron chi connectivity index (χ2n) is 29.9. The van der Waals surface area contributed by atoms with Gasteiger partial charge in [-0.25, -0.2) is 4.79 Å². The van der Waals surface area contributed by atoms with Crippen molar-refractivity contribution in [1.82, 2.24) is 42.2 Å². The number of para-hydroxylation sites is 1. The number of carbonyl (C=O) groups excluding carboxylic acids is 9. The van der Waals surface area contributed by atoms with Crippen molar-refractivity contribution < 1.29 is 110 Å². The van der Waals surface area contributed by atoms with Crippen molar-refractivity contribution >= 4 is 83.7 Å². The van der Waals surface area contributed by atoms with E-state index in [-0.39, 0.29) is 212 Å². The molecule has 0 aromatic heterocycles. The number of anilines is 2. The molecule has 121 heavy (non-hydrogen) atoms. The van der Waals surface area contributed by atoms with E-state index in [0.717, 1.165) is 28.0 Å². The Kier molecular flexibility index (Phi) is 50.0. The van der Waals surface area contributed by atoms with E-state index in [9.17, 15) is 47.7 Å². The van der Waals surface area contributed by atoms with Crippen LogP contribution in [0.4, 0.5) is 16.2 Å². The van der Waals surface area contributed by atoms with Gasteiger partial charge in [0.2, 0.25) is 41.4 Å². The lowest BCUT2D eigenvalue weighted by Gasteiger charge is -2.35. The number of hydrogen-bond donors (Lipinski definition) is 14. The molecule has 0 saturated carbocycles. The Balaban J connectivity index is 1.01. The molecule has 678 valence electrons. The SMILES string of the molecule is CC(C)N/C1=C(\N)c2ccccc2N(C(=O)CCC(=O)NCCOCCOCCOCCOCCC(=O)N[C@H](CCCCNC(=O)COC2CCCC(N(CCCCC(=O)Nc3ccc(COC(=O)C(C)C)cc3)C(N)=O)C/C(NCCOCCOCCOCCOCCOCCP(=O)(O)O)=C\2NN)C(=O)N[C@H](C(N)=O)C(C)C)Cc2ccccc21. The number of carbonyl (C=O) groups is 9. The van der Waals surface area contributed by atoms with Crippen molar-refractivity contribution in [2.75, 3.05) is 168 Å². The fraction of sp³-hybridized carbons (Fsp3) is 0.627. The number of unbranched alkanes of at least 4 members (excludes halogenated alkanes) is 2. The number of hydrogen-bond acceptors (Lipinski definition) is 26. The predicted octanol–water partition coefficient (Wildman–Crippen LogP) is 3.81. The van der Waals surface area contributed by atoms with Crippen molar-refractivity contribution in [3.8, 4) is 0 Å². The number of rotatable bonds is 63. The van der Waals surface area contributed by atoms with Crippen molar-refractivity contribution in [1.29, 1.82) is 0 Å². The molecule has 2 aliphatic rings. The molecule has 9 amide bonds. The summed E-state index contributed by atoms with van der Waals surface area (Å²) in [4.78, 5) is 139. The molecule has 0 radical (unpaired) electrons. The molecule has 0 spiro atoms. The molecule has 3 aromatic carbocycles. The Labute approximate surface area is 710 Å². The molecule has 0 fully saturated rings. The van der Waals surface area contributed by atoms with E-state index in [4.69, 9.17) is 84.9 Å². The molecule has 37 nitrogen and oxygen atoms in total. The lowest BCUT2D eigenvalue weighted by molar-refractivity contribution is -0.148. The lowest BCUT2D eigenvalue weighted by Crippen LogP contribution is -2.54. The van der Waals surface area contributed by atoms with Crippen LogP contribution in [0.25, 0.3) is 11.4 Å². The van der Waals surface area contributed by atoms with Crippen LogP contribution in [0.3, 0.4) is 0 Å². The van der Waals surface area contributed by atoms with Gasteiger partial charge in [-0.3, -0.25) is 48.8 Å². The first-order valence-electron chi connectivity index (χ1n) is 41.7. The maximum atomic E-state index is 13.8. The van der Waals surface area contributed by atoms with Crippen LogP contribution in [0.1, 0.15) is 147 Å². The van der Waals surface area contributed by atoms with Crippen LogP contribution in [0.2, 0.25) is 0 Å². The topological polar surface area (TPSA) is 519 Å². The number of fused-ring (bicyclic) bond motifs is 2. The molecule has 5 rings (SSSR count). The number of amides is 9. The molecule has 18 N–H and O–H groups in total. The molecule has 1 aliphatic carbocycles. The third-order valence-corrected chi connectivity index (χ3v) is 19.9. The lowest BCUT2D eigenvalue weighted by atomic mass is 9.94. The van der Waals surface area contributed by atoms with E-state index in [1.165, 1.54) is 0 Å². The Bertz CT molecular complexity index is 3740. The number of nitrogens with zero attached hydrogens (tertiary/aromatic N) is 2. The number of nitrogens with two attached hydrogens (primary N) is 4. The van der Waals surface area contributed by atoms with Crippen LogP contribution >= 0.6 is 7.60 Å². The van der Waals surface area contributed by atoms with Crippen molar-refractivity contribution in [3.05, 3.63) is 106 Å². The van der Waals surface area contributed by atoms with Gasteiger partial charge in [0.25, 0.3) is 0 Å². The summed E-state index contributed by atoms with van der Waals surface area (Å²) in [7, 11) is -4.11. The summed E-state index contributed by atoms with van der Waals surface area (Å²) in [6, 6.07) is 19.4. The average Bonchev–Trinajstić information content (AvgIpc) is 0.768. The summed E-state index contributed by atoms with van der Waals surface area (Å²) in [5.74, 6) is 2.42. The number of nitrogens with one attached hydrogen (secondary N) is 8. The van der Waals surface area contributed by atoms with Crippen LogP contribution in [0.5, 0.6) is 0 Å². The molecule has 3 aromatic rings. The summed E-state index contributed by atoms with van der Waals surface area (Å²) in [6.45, 7) is 16.3. The first-order chi connectivity index (χ1) is 58.1. The Morgan fingerprint density at radius 1 is 0.595 bits per heavy atom. The van der Waals surface area contributed by atoms with Crippen LogP contribution in [0.15, 0.2) is 84.2 Å². The summed E-state index contributed by atoms with van der Waals surface area (Å²) in [5, 5.41) is 20.9. The minimum atomic E-state index is -4.11. The second kappa shape index (κ2) is 59.0. The monoisotopic (exact) mass is 1720 g/mol. The zero-order valence-electron chi connectivity index (χ0n) is 71.2. The number of benzene rings is 3. The van der Waals surface area contributed by atoms with Crippen molar-refractivity contribution in [2.45, 2.75) is 168 Å². The van der Waals surface area contributed by atoms with Crippen LogP contribution in [-0.2, 0) is 108 Å². The standard InChI is InChI=1S/C83H133N14O23P/c1-58(2)77(80(85)103)94-81(104)67(93-73(100)30-35-110-38-41-113-44-45-115-43-40-112-37-33-90-71(98)28-29-75(102)97-55-62-16-7-8-18-65(62)78(91-60(5)6)76(84)66-19-9-10-21-69(66)97)20-11-13-31-89-74(101)57-119-70-22-15-17-64(96(83(86)106)34-14-12-23-72(99)92-63-26-24-61(25-27-63)56-120-82(105)59(3)4)54-68(79(70)95-87)88-32-36-111-39-42-114-46-47-116-48-49-117-50-51-118-52-53-121(107,108)109/h7-10,16,18-19,21,24-27,58-60,64,67,70,77,88,91,95H,11-15,17,20,22-23,28-57,84,87H2,1-6H3,(H2,85,103)(H2,86,106)(H,89,101)(H,90,98)(H,92,99)(H,93,100)(H,94,104)(H2,107,108,109)/b78-76-,79-68-/t64?,67-,70?,77+/m1/s1. The number of urea groups is 1. The summed E-state index contributed by atoms with van der Waals surface area (Å²) >= 11 is 0. The molecule has 1 aliphatic heterocycles. The van der Waals surface area contributed by atoms with Gasteiger partial charge in [0, 0.05) is 92.9 Å². The molecule has 2 unspecified atom stereocenters. The van der Waals surface area contributed by atoms with Gasteiger partial charge in [0.05, 0.1) is 160 Å². The molecule has 4 atom stereocenters. The van der Waals surface area contributed by atoms with Gasteiger partial charge < -0.3 is 132 Å². The highest BCUT2D eigenvalue weighted by atomic mass is 31.2. The highest BCUT2D eigenvalue weighted by molar-refractivity contribution is 7.51. The highest BCUT2D eigenvalue weighted by Gasteiger charge is 2.33. The average molecular weight is 1730 g/mol. The smallest absolute Gasteiger partial charge is 0.327 e. The van der Waals surface area contributed by atoms with Gasteiger partial charge in [-0.2, -0.15) is 0 Å². The number of ether oxygens (including phenoxy) is 11.